The molecule has 2 nitrogen and oxygen atoms in total. The van der Waals surface area contributed by atoms with Crippen molar-refractivity contribution >= 4 is 32.6 Å². The van der Waals surface area contributed by atoms with Crippen LogP contribution in [0.25, 0.3) is 71.9 Å². The molecule has 0 saturated carbocycles. The summed E-state index contributed by atoms with van der Waals surface area (Å²) in [6.07, 6.45) is 0. The molecule has 0 spiro atoms. The molecule has 0 saturated heterocycles. The molecule has 0 N–H and O–H groups in total. The lowest BCUT2D eigenvalue weighted by atomic mass is 9.80. The van der Waals surface area contributed by atoms with Gasteiger partial charge in [-0.05, 0) is 85.3 Å². The Morgan fingerprint density at radius 1 is 0.614 bits per heavy atom. The van der Waals surface area contributed by atoms with Crippen LogP contribution in [0.2, 0.25) is 0 Å². The minimum Gasteiger partial charge on any atom is -0.292 e. The van der Waals surface area contributed by atoms with E-state index in [9.17, 15) is 5.48 Å². The molecule has 1 aromatic heterocycles. The molecule has 208 valence electrons. The Hall–Kier alpha value is -5.47. The van der Waals surface area contributed by atoms with Crippen molar-refractivity contribution in [2.75, 3.05) is 0 Å². The van der Waals surface area contributed by atoms with Crippen LogP contribution < -0.4 is 0 Å². The minimum absolute atomic E-state index is 0.0284. The number of fused-ring (bicyclic) bond motifs is 6. The number of imidazole rings is 1. The summed E-state index contributed by atoms with van der Waals surface area (Å²) >= 11 is 0. The van der Waals surface area contributed by atoms with E-state index in [1.165, 1.54) is 12.1 Å². The molecule has 0 bridgehead atoms. The monoisotopic (exact) mass is 576 g/mol. The Labute approximate surface area is 276 Å². The van der Waals surface area contributed by atoms with Gasteiger partial charge in [0.1, 0.15) is 5.82 Å². The normalized spacial score (nSPS) is 18.5. The highest BCUT2D eigenvalue weighted by atomic mass is 15.1. The van der Waals surface area contributed by atoms with Crippen LogP contribution in [0.3, 0.4) is 0 Å². The quantitative estimate of drug-likeness (QED) is 0.191. The fourth-order valence-corrected chi connectivity index (χ4v) is 6.60. The molecule has 0 radical (unpaired) electrons. The number of hydrogen-bond donors (Lipinski definition) is 0. The number of nitrogens with zero attached hydrogens (tertiary/aromatic N) is 2. The fraction of sp³-hybridized carbons (Fsp3) is 0.0714. The predicted octanol–water partition coefficient (Wildman–Crippen LogP) is 11.0. The van der Waals surface area contributed by atoms with Crippen molar-refractivity contribution in [3.8, 4) is 39.3 Å². The molecular weight excluding hydrogens is 532 g/mol. The predicted molar refractivity (Wildman–Crippen MR) is 185 cm³/mol. The Balaban J connectivity index is 1.54. The van der Waals surface area contributed by atoms with Gasteiger partial charge in [-0.2, -0.15) is 0 Å². The van der Waals surface area contributed by atoms with Gasteiger partial charge < -0.3 is 0 Å². The van der Waals surface area contributed by atoms with Crippen LogP contribution in [0.4, 0.5) is 0 Å². The SMILES string of the molecule is [2H]c1c([2H])c([2H])c2c(-c3nc4ccccc4n3-c3ccccc3)c3c([2H])c([2H])c([2H])c([2H])c3c(-c3ccc4c(c3)C(C([2H])([2H])[2H])(C([2H])([2H])[2H])c3ccccc3-4)c2c1[2H]. The minimum atomic E-state index is -3.12. The number of aromatic nitrogens is 2. The van der Waals surface area contributed by atoms with Gasteiger partial charge in [0.25, 0.3) is 0 Å². The zero-order valence-electron chi connectivity index (χ0n) is 37.1. The maximum Gasteiger partial charge on any atom is 0.146 e. The molecule has 0 fully saturated rings. The summed E-state index contributed by atoms with van der Waals surface area (Å²) in [6, 6.07) is 22.8. The molecule has 8 aromatic rings. The molecule has 9 rings (SSSR count). The van der Waals surface area contributed by atoms with Crippen molar-refractivity contribution in [1.29, 1.82) is 0 Å². The van der Waals surface area contributed by atoms with E-state index in [4.69, 9.17) is 18.7 Å². The standard InChI is InChI=1S/C42H30N2/c1-42(2)35-21-11-10-16-29(35)30-25-24-27(26-36(30)42)39-31-17-6-8-19-33(31)40(34-20-9-7-18-32(34)39)41-43-37-22-12-13-23-38(37)44(41)28-14-4-3-5-15-28/h3-26H,1-2H3/i1D3,2D3,6D,7D,8D,9D,17D,18D,19D,20D. The van der Waals surface area contributed by atoms with E-state index in [2.05, 4.69) is 0 Å². The highest BCUT2D eigenvalue weighted by Crippen LogP contribution is 2.51. The second kappa shape index (κ2) is 9.26. The van der Waals surface area contributed by atoms with Gasteiger partial charge in [0, 0.05) is 24.9 Å². The lowest BCUT2D eigenvalue weighted by Crippen LogP contribution is -2.14. The number of hydrogen-bond acceptors (Lipinski definition) is 1. The van der Waals surface area contributed by atoms with Gasteiger partial charge in [0.2, 0.25) is 0 Å². The van der Waals surface area contributed by atoms with Crippen molar-refractivity contribution in [3.63, 3.8) is 0 Å². The van der Waals surface area contributed by atoms with Crippen molar-refractivity contribution in [3.05, 3.63) is 157 Å². The van der Waals surface area contributed by atoms with Crippen LogP contribution in [0, 0.1) is 0 Å². The van der Waals surface area contributed by atoms with E-state index in [0.29, 0.717) is 27.8 Å². The highest BCUT2D eigenvalue weighted by molar-refractivity contribution is 6.21. The first-order chi connectivity index (χ1) is 27.4. The molecule has 2 heteroatoms. The first-order valence-electron chi connectivity index (χ1n) is 21.2. The first kappa shape index (κ1) is 14.8. The zero-order chi connectivity index (χ0) is 41.4. The molecule has 0 aliphatic heterocycles. The Bertz CT molecular complexity index is 2980. The summed E-state index contributed by atoms with van der Waals surface area (Å²) in [5, 5.41) is -0.413. The maximum atomic E-state index is 9.45. The van der Waals surface area contributed by atoms with Crippen molar-refractivity contribution in [1.82, 2.24) is 9.55 Å². The van der Waals surface area contributed by atoms with E-state index in [1.807, 2.05) is 42.5 Å². The molecular formula is C42H30N2. The molecule has 0 atom stereocenters. The third-order valence-corrected chi connectivity index (χ3v) is 8.51. The summed E-state index contributed by atoms with van der Waals surface area (Å²) in [7, 11) is 0. The Kier molecular flexibility index (Phi) is 3.12. The van der Waals surface area contributed by atoms with E-state index in [-0.39, 0.29) is 55.2 Å². The summed E-state index contributed by atoms with van der Waals surface area (Å²) in [4.78, 5) is 4.98. The number of benzene rings is 7. The van der Waals surface area contributed by atoms with Gasteiger partial charge in [-0.25, -0.2) is 4.98 Å². The summed E-state index contributed by atoms with van der Waals surface area (Å²) < 4.78 is 128. The van der Waals surface area contributed by atoms with Gasteiger partial charge >= 0.3 is 0 Å². The van der Waals surface area contributed by atoms with Gasteiger partial charge in [0.15, 0.2) is 0 Å². The second-order valence-corrected chi connectivity index (χ2v) is 10.9. The van der Waals surface area contributed by atoms with Gasteiger partial charge in [-0.1, -0.05) is 129 Å². The van der Waals surface area contributed by atoms with Gasteiger partial charge in [0.05, 0.1) is 22.0 Å². The second-order valence-electron chi connectivity index (χ2n) is 10.9. The topological polar surface area (TPSA) is 17.8 Å². The van der Waals surface area contributed by atoms with Crippen molar-refractivity contribution < 1.29 is 19.2 Å². The maximum absolute atomic E-state index is 9.45. The molecule has 44 heavy (non-hydrogen) atoms. The third-order valence-electron chi connectivity index (χ3n) is 8.51. The number of para-hydroxylation sites is 3. The van der Waals surface area contributed by atoms with E-state index in [0.717, 1.165) is 0 Å². The van der Waals surface area contributed by atoms with Crippen LogP contribution in [0.15, 0.2) is 145 Å². The fourth-order valence-electron chi connectivity index (χ4n) is 6.60. The third kappa shape index (κ3) is 3.46. The van der Waals surface area contributed by atoms with Gasteiger partial charge in [-0.15, -0.1) is 0 Å². The van der Waals surface area contributed by atoms with Gasteiger partial charge in [-0.3, -0.25) is 4.57 Å². The molecule has 1 aliphatic rings. The van der Waals surface area contributed by atoms with Crippen molar-refractivity contribution in [2.24, 2.45) is 0 Å². The van der Waals surface area contributed by atoms with Crippen LogP contribution in [-0.4, -0.2) is 9.55 Å². The van der Waals surface area contributed by atoms with E-state index in [1.54, 1.807) is 47.0 Å². The summed E-state index contributed by atoms with van der Waals surface area (Å²) in [5.41, 5.74) is 0.0884. The van der Waals surface area contributed by atoms with Crippen LogP contribution >= 0.6 is 0 Å². The summed E-state index contributed by atoms with van der Waals surface area (Å²) in [6.45, 7) is -6.23. The van der Waals surface area contributed by atoms with Crippen molar-refractivity contribution in [2.45, 2.75) is 19.1 Å². The average Bonchev–Trinajstić information content (AvgIpc) is 3.74. The highest BCUT2D eigenvalue weighted by Gasteiger charge is 2.35. The van der Waals surface area contributed by atoms with Crippen LogP contribution in [0.5, 0.6) is 0 Å². The van der Waals surface area contributed by atoms with Crippen LogP contribution in [0.1, 0.15) is 44.0 Å². The number of rotatable bonds is 3. The molecule has 7 aromatic carbocycles. The smallest absolute Gasteiger partial charge is 0.146 e. The largest absolute Gasteiger partial charge is 0.292 e. The molecule has 0 unspecified atom stereocenters. The van der Waals surface area contributed by atoms with Crippen LogP contribution in [-0.2, 0) is 5.41 Å². The first-order valence-corrected chi connectivity index (χ1v) is 14.2. The average molecular weight is 577 g/mol. The van der Waals surface area contributed by atoms with E-state index < -0.39 is 67.5 Å². The molecule has 1 heterocycles. The lowest BCUT2D eigenvalue weighted by molar-refractivity contribution is 0.660. The van der Waals surface area contributed by atoms with E-state index >= 15 is 0 Å². The molecule has 0 amide bonds. The lowest BCUT2D eigenvalue weighted by Gasteiger charge is -2.23. The Morgan fingerprint density at radius 2 is 1.23 bits per heavy atom. The Morgan fingerprint density at radius 3 is 1.95 bits per heavy atom. The zero-order valence-corrected chi connectivity index (χ0v) is 23.1. The molecule has 1 aliphatic carbocycles. The summed E-state index contributed by atoms with van der Waals surface area (Å²) in [5.74, 6) is 0.150.